The Morgan fingerprint density at radius 1 is 1.22 bits per heavy atom. The second-order valence-electron chi connectivity index (χ2n) is 6.23. The lowest BCUT2D eigenvalue weighted by molar-refractivity contribution is -0.131. The molecule has 0 saturated carbocycles. The maximum atomic E-state index is 12.4. The minimum atomic E-state index is -3.75. The SMILES string of the molecule is Cc1noc(C)c1S(=O)(=O)NCCC(=O)N1CCN(c2cnccn2)CC1. The number of carbonyl (C=O) groups is 1. The molecule has 0 aromatic carbocycles. The molecule has 3 heterocycles. The van der Waals surface area contributed by atoms with Gasteiger partial charge in [-0.1, -0.05) is 5.16 Å². The molecule has 3 rings (SSSR count). The van der Waals surface area contributed by atoms with Crippen molar-refractivity contribution >= 4 is 21.7 Å². The molecule has 2 aromatic heterocycles. The van der Waals surface area contributed by atoms with Gasteiger partial charge in [0.15, 0.2) is 5.76 Å². The number of aryl methyl sites for hydroxylation is 2. The molecule has 146 valence electrons. The molecular formula is C16H22N6O4S. The van der Waals surface area contributed by atoms with Gasteiger partial charge < -0.3 is 14.3 Å². The number of hydrogen-bond acceptors (Lipinski definition) is 8. The van der Waals surface area contributed by atoms with E-state index in [4.69, 9.17) is 4.52 Å². The fourth-order valence-corrected chi connectivity index (χ4v) is 4.38. The zero-order chi connectivity index (χ0) is 19.4. The average molecular weight is 394 g/mol. The van der Waals surface area contributed by atoms with Crippen LogP contribution in [-0.2, 0) is 14.8 Å². The van der Waals surface area contributed by atoms with Crippen LogP contribution in [0.15, 0.2) is 28.0 Å². The first kappa shape index (κ1) is 19.2. The molecule has 1 amide bonds. The molecule has 1 saturated heterocycles. The third-order valence-electron chi connectivity index (χ3n) is 4.37. The summed E-state index contributed by atoms with van der Waals surface area (Å²) < 4.78 is 32.0. The number of piperazine rings is 1. The summed E-state index contributed by atoms with van der Waals surface area (Å²) in [4.78, 5) is 24.5. The first-order chi connectivity index (χ1) is 12.9. The van der Waals surface area contributed by atoms with Gasteiger partial charge in [-0.25, -0.2) is 18.1 Å². The van der Waals surface area contributed by atoms with Crippen LogP contribution in [0.1, 0.15) is 17.9 Å². The summed E-state index contributed by atoms with van der Waals surface area (Å²) in [6.45, 7) is 5.57. The van der Waals surface area contributed by atoms with Crippen LogP contribution >= 0.6 is 0 Å². The van der Waals surface area contributed by atoms with Crippen molar-refractivity contribution < 1.29 is 17.7 Å². The van der Waals surface area contributed by atoms with Gasteiger partial charge in [-0.3, -0.25) is 9.78 Å². The lowest BCUT2D eigenvalue weighted by Gasteiger charge is -2.35. The molecule has 1 fully saturated rings. The number of nitrogens with one attached hydrogen (secondary N) is 1. The molecule has 11 heteroatoms. The molecule has 0 atom stereocenters. The predicted molar refractivity (Wildman–Crippen MR) is 96.6 cm³/mol. The number of sulfonamides is 1. The largest absolute Gasteiger partial charge is 0.360 e. The van der Waals surface area contributed by atoms with Crippen LogP contribution in [0.5, 0.6) is 0 Å². The number of nitrogens with zero attached hydrogens (tertiary/aromatic N) is 5. The van der Waals surface area contributed by atoms with Crippen molar-refractivity contribution in [3.8, 4) is 0 Å². The Morgan fingerprint density at radius 3 is 2.56 bits per heavy atom. The molecule has 10 nitrogen and oxygen atoms in total. The Hall–Kier alpha value is -2.53. The molecule has 27 heavy (non-hydrogen) atoms. The number of amides is 1. The van der Waals surface area contributed by atoms with Crippen LogP contribution in [0, 0.1) is 13.8 Å². The fraction of sp³-hybridized carbons (Fsp3) is 0.500. The summed E-state index contributed by atoms with van der Waals surface area (Å²) in [5.74, 6) is 0.929. The molecule has 0 unspecified atom stereocenters. The van der Waals surface area contributed by atoms with Crippen molar-refractivity contribution in [1.82, 2.24) is 24.7 Å². The standard InChI is InChI=1S/C16H22N6O4S/c1-12-16(13(2)26-20-12)27(24,25)19-4-3-15(23)22-9-7-21(8-10-22)14-11-17-5-6-18-14/h5-6,11,19H,3-4,7-10H2,1-2H3. The van der Waals surface area contributed by atoms with E-state index in [-0.39, 0.29) is 29.5 Å². The summed E-state index contributed by atoms with van der Waals surface area (Å²) in [5, 5.41) is 3.65. The Kier molecular flexibility index (Phi) is 5.71. The lowest BCUT2D eigenvalue weighted by atomic mass is 10.3. The van der Waals surface area contributed by atoms with Crippen molar-refractivity contribution in [2.45, 2.75) is 25.2 Å². The average Bonchev–Trinajstić information content (AvgIpc) is 3.01. The van der Waals surface area contributed by atoms with E-state index < -0.39 is 10.0 Å². The molecule has 0 radical (unpaired) electrons. The number of rotatable bonds is 6. The van der Waals surface area contributed by atoms with Crippen molar-refractivity contribution in [2.24, 2.45) is 0 Å². The molecule has 0 bridgehead atoms. The van der Waals surface area contributed by atoms with E-state index in [0.29, 0.717) is 31.9 Å². The highest BCUT2D eigenvalue weighted by atomic mass is 32.2. The van der Waals surface area contributed by atoms with Crippen LogP contribution in [-0.4, -0.2) is 67.1 Å². The zero-order valence-corrected chi connectivity index (χ0v) is 16.1. The van der Waals surface area contributed by atoms with Gasteiger partial charge in [0, 0.05) is 51.5 Å². The van der Waals surface area contributed by atoms with E-state index in [2.05, 4.69) is 24.7 Å². The molecule has 1 aliphatic rings. The number of anilines is 1. The number of hydrogen-bond donors (Lipinski definition) is 1. The van der Waals surface area contributed by atoms with Crippen molar-refractivity contribution in [3.05, 3.63) is 30.0 Å². The highest BCUT2D eigenvalue weighted by molar-refractivity contribution is 7.89. The highest BCUT2D eigenvalue weighted by Crippen LogP contribution is 2.18. The minimum Gasteiger partial charge on any atom is -0.360 e. The Labute approximate surface area is 157 Å². The Balaban J connectivity index is 1.48. The van der Waals surface area contributed by atoms with Gasteiger partial charge in [0.2, 0.25) is 15.9 Å². The van der Waals surface area contributed by atoms with Crippen LogP contribution < -0.4 is 9.62 Å². The summed E-state index contributed by atoms with van der Waals surface area (Å²) >= 11 is 0. The van der Waals surface area contributed by atoms with E-state index in [1.54, 1.807) is 30.4 Å². The van der Waals surface area contributed by atoms with Crippen LogP contribution in [0.3, 0.4) is 0 Å². The van der Waals surface area contributed by atoms with Gasteiger partial charge in [0.1, 0.15) is 16.4 Å². The molecule has 2 aromatic rings. The second-order valence-corrected chi connectivity index (χ2v) is 7.94. The topological polar surface area (TPSA) is 122 Å². The monoisotopic (exact) mass is 394 g/mol. The molecule has 0 spiro atoms. The quantitative estimate of drug-likeness (QED) is 0.732. The van der Waals surface area contributed by atoms with E-state index in [1.165, 1.54) is 6.92 Å². The van der Waals surface area contributed by atoms with Gasteiger partial charge in [-0.15, -0.1) is 0 Å². The number of carbonyl (C=O) groups excluding carboxylic acids is 1. The van der Waals surface area contributed by atoms with E-state index in [0.717, 1.165) is 5.82 Å². The Morgan fingerprint density at radius 2 is 1.96 bits per heavy atom. The van der Waals surface area contributed by atoms with E-state index in [1.807, 2.05) is 0 Å². The predicted octanol–water partition coefficient (Wildman–Crippen LogP) is 0.0986. The van der Waals surface area contributed by atoms with Gasteiger partial charge in [0.25, 0.3) is 0 Å². The second kappa shape index (κ2) is 8.01. The summed E-state index contributed by atoms with van der Waals surface area (Å²) in [5.41, 5.74) is 0.298. The lowest BCUT2D eigenvalue weighted by Crippen LogP contribution is -2.49. The third kappa shape index (κ3) is 4.42. The summed E-state index contributed by atoms with van der Waals surface area (Å²) in [6, 6.07) is 0. The van der Waals surface area contributed by atoms with Crippen molar-refractivity contribution in [3.63, 3.8) is 0 Å². The summed E-state index contributed by atoms with van der Waals surface area (Å²) in [7, 11) is -3.75. The highest BCUT2D eigenvalue weighted by Gasteiger charge is 2.25. The van der Waals surface area contributed by atoms with Crippen LogP contribution in [0.2, 0.25) is 0 Å². The molecular weight excluding hydrogens is 372 g/mol. The summed E-state index contributed by atoms with van der Waals surface area (Å²) in [6.07, 6.45) is 5.04. The minimum absolute atomic E-state index is 0.0234. The van der Waals surface area contributed by atoms with Gasteiger partial charge in [0.05, 0.1) is 6.20 Å². The van der Waals surface area contributed by atoms with Gasteiger partial charge in [-0.05, 0) is 13.8 Å². The first-order valence-corrected chi connectivity index (χ1v) is 10.1. The molecule has 0 aliphatic carbocycles. The van der Waals surface area contributed by atoms with Gasteiger partial charge >= 0.3 is 0 Å². The maximum Gasteiger partial charge on any atom is 0.245 e. The first-order valence-electron chi connectivity index (χ1n) is 8.60. The maximum absolute atomic E-state index is 12.4. The van der Waals surface area contributed by atoms with E-state index in [9.17, 15) is 13.2 Å². The van der Waals surface area contributed by atoms with Gasteiger partial charge in [-0.2, -0.15) is 0 Å². The zero-order valence-electron chi connectivity index (χ0n) is 15.3. The molecule has 1 N–H and O–H groups in total. The fourth-order valence-electron chi connectivity index (χ4n) is 3.02. The van der Waals surface area contributed by atoms with Crippen LogP contribution in [0.4, 0.5) is 5.82 Å². The normalized spacial score (nSPS) is 15.2. The third-order valence-corrected chi connectivity index (χ3v) is 6.08. The van der Waals surface area contributed by atoms with Crippen molar-refractivity contribution in [1.29, 1.82) is 0 Å². The van der Waals surface area contributed by atoms with E-state index >= 15 is 0 Å². The Bertz CT molecular complexity index is 871. The van der Waals surface area contributed by atoms with Crippen LogP contribution in [0.25, 0.3) is 0 Å². The van der Waals surface area contributed by atoms with Crippen molar-refractivity contribution in [2.75, 3.05) is 37.6 Å². The molecule has 1 aliphatic heterocycles. The number of aromatic nitrogens is 3. The smallest absolute Gasteiger partial charge is 0.245 e.